The summed E-state index contributed by atoms with van der Waals surface area (Å²) < 4.78 is 63.1. The highest BCUT2D eigenvalue weighted by molar-refractivity contribution is 5.99. The number of rotatable bonds is 6. The zero-order valence-corrected chi connectivity index (χ0v) is 21.0. The van der Waals surface area contributed by atoms with Gasteiger partial charge in [-0.3, -0.25) is 5.32 Å². The lowest BCUT2D eigenvalue weighted by molar-refractivity contribution is -0.274. The van der Waals surface area contributed by atoms with E-state index in [-0.39, 0.29) is 23.1 Å². The number of ether oxygens (including phenoxy) is 2. The first kappa shape index (κ1) is 27.2. The van der Waals surface area contributed by atoms with E-state index >= 15 is 0 Å². The van der Waals surface area contributed by atoms with Crippen LogP contribution in [0.15, 0.2) is 66.9 Å². The fourth-order valence-corrected chi connectivity index (χ4v) is 3.38. The number of anilines is 3. The van der Waals surface area contributed by atoms with Gasteiger partial charge in [0.2, 0.25) is 0 Å². The van der Waals surface area contributed by atoms with Crippen molar-refractivity contribution in [3.8, 4) is 22.9 Å². The number of urea groups is 1. The van der Waals surface area contributed by atoms with Crippen LogP contribution < -0.4 is 25.8 Å². The van der Waals surface area contributed by atoms with Crippen LogP contribution in [0.3, 0.4) is 0 Å². The molecule has 2 heterocycles. The molecule has 4 aromatic rings. The van der Waals surface area contributed by atoms with Crippen molar-refractivity contribution in [2.75, 3.05) is 16.4 Å². The number of nitrogens with zero attached hydrogens (tertiary/aromatic N) is 3. The Bertz CT molecular complexity index is 1480. The van der Waals surface area contributed by atoms with Gasteiger partial charge in [0.15, 0.2) is 0 Å². The molecule has 2 aromatic carbocycles. The summed E-state index contributed by atoms with van der Waals surface area (Å²) in [6.07, 6.45) is -3.38. The van der Waals surface area contributed by atoms with E-state index < -0.39 is 29.4 Å². The van der Waals surface area contributed by atoms with Crippen molar-refractivity contribution in [1.82, 2.24) is 14.8 Å². The predicted molar refractivity (Wildman–Crippen MR) is 137 cm³/mol. The normalized spacial score (nSPS) is 11.7. The number of alkyl halides is 3. The molecule has 9 nitrogen and oxygen atoms in total. The molecule has 13 heteroatoms. The maximum Gasteiger partial charge on any atom is 0.573 e. The molecule has 0 aliphatic rings. The van der Waals surface area contributed by atoms with Gasteiger partial charge in [0.05, 0.1) is 17.1 Å². The van der Waals surface area contributed by atoms with Gasteiger partial charge < -0.3 is 20.5 Å². The van der Waals surface area contributed by atoms with Crippen LogP contribution in [0.4, 0.5) is 39.7 Å². The van der Waals surface area contributed by atoms with Crippen LogP contribution in [0.2, 0.25) is 0 Å². The molecular formula is C26H24F4N6O3. The average molecular weight is 545 g/mol. The standard InChI is InChI=1S/C26H24F4N6O3/c1-25(2,3)21-14-23(36(35-21)15-4-6-16(7-5-15)39-26(28,29)30)34-24(37)33-20-9-8-17(12-19(20)27)38-18-10-11-32-22(31)13-18/h4-14H,1-3H3,(H2,31,32)(H2,33,34,37). The lowest BCUT2D eigenvalue weighted by Crippen LogP contribution is -2.22. The highest BCUT2D eigenvalue weighted by Crippen LogP contribution is 2.29. The van der Waals surface area contributed by atoms with Crippen LogP contribution >= 0.6 is 0 Å². The third kappa shape index (κ3) is 7.15. The zero-order valence-electron chi connectivity index (χ0n) is 21.0. The molecule has 0 aliphatic heterocycles. The highest BCUT2D eigenvalue weighted by atomic mass is 19.4. The van der Waals surface area contributed by atoms with E-state index in [4.69, 9.17) is 10.5 Å². The fraction of sp³-hybridized carbons (Fsp3) is 0.192. The van der Waals surface area contributed by atoms with Crippen LogP contribution in [-0.2, 0) is 5.41 Å². The third-order valence-corrected chi connectivity index (χ3v) is 5.21. The molecule has 4 rings (SSSR count). The first-order chi connectivity index (χ1) is 18.3. The summed E-state index contributed by atoms with van der Waals surface area (Å²) in [5, 5.41) is 9.53. The van der Waals surface area contributed by atoms with Gasteiger partial charge in [-0.25, -0.2) is 18.9 Å². The molecule has 0 atom stereocenters. The van der Waals surface area contributed by atoms with Gasteiger partial charge in [-0.1, -0.05) is 20.8 Å². The monoisotopic (exact) mass is 544 g/mol. The van der Waals surface area contributed by atoms with Crippen molar-refractivity contribution in [2.45, 2.75) is 32.5 Å². The molecule has 2 aromatic heterocycles. The molecule has 204 valence electrons. The Morgan fingerprint density at radius 1 is 0.923 bits per heavy atom. The van der Waals surface area contributed by atoms with Gasteiger partial charge in [0.1, 0.15) is 34.7 Å². The van der Waals surface area contributed by atoms with Gasteiger partial charge in [0, 0.05) is 29.8 Å². The van der Waals surface area contributed by atoms with Crippen molar-refractivity contribution >= 4 is 23.4 Å². The van der Waals surface area contributed by atoms with Gasteiger partial charge in [0.25, 0.3) is 0 Å². The van der Waals surface area contributed by atoms with E-state index in [0.29, 0.717) is 17.1 Å². The number of pyridine rings is 1. The van der Waals surface area contributed by atoms with Gasteiger partial charge in [-0.15, -0.1) is 13.2 Å². The minimum Gasteiger partial charge on any atom is -0.457 e. The van der Waals surface area contributed by atoms with E-state index in [9.17, 15) is 22.4 Å². The van der Waals surface area contributed by atoms with Crippen LogP contribution in [0.5, 0.6) is 17.2 Å². The first-order valence-electron chi connectivity index (χ1n) is 11.5. The number of amides is 2. The summed E-state index contributed by atoms with van der Waals surface area (Å²) in [5.74, 6) is -0.179. The number of hydrogen-bond acceptors (Lipinski definition) is 6. The van der Waals surface area contributed by atoms with Crippen molar-refractivity contribution in [1.29, 1.82) is 0 Å². The van der Waals surface area contributed by atoms with Crippen LogP contribution in [-0.4, -0.2) is 27.2 Å². The summed E-state index contributed by atoms with van der Waals surface area (Å²) in [6.45, 7) is 5.72. The molecule has 0 radical (unpaired) electrons. The second-order valence-electron chi connectivity index (χ2n) is 9.36. The number of carbonyl (C=O) groups excluding carboxylic acids is 1. The molecule has 0 saturated carbocycles. The summed E-state index contributed by atoms with van der Waals surface area (Å²) in [4.78, 5) is 16.6. The minimum absolute atomic E-state index is 0.121. The van der Waals surface area contributed by atoms with Gasteiger partial charge in [-0.2, -0.15) is 5.10 Å². The van der Waals surface area contributed by atoms with E-state index in [2.05, 4.69) is 25.5 Å². The van der Waals surface area contributed by atoms with E-state index in [1.165, 1.54) is 41.2 Å². The molecule has 0 bridgehead atoms. The molecule has 0 fully saturated rings. The summed E-state index contributed by atoms with van der Waals surface area (Å²) in [5.41, 5.74) is 6.03. The number of nitrogens with one attached hydrogen (secondary N) is 2. The molecule has 0 spiro atoms. The Hall–Kier alpha value is -4.81. The Morgan fingerprint density at radius 3 is 2.21 bits per heavy atom. The van der Waals surface area contributed by atoms with E-state index in [1.54, 1.807) is 12.1 Å². The van der Waals surface area contributed by atoms with Gasteiger partial charge >= 0.3 is 12.4 Å². The average Bonchev–Trinajstić information content (AvgIpc) is 3.24. The molecule has 0 unspecified atom stereocenters. The molecular weight excluding hydrogens is 520 g/mol. The lowest BCUT2D eigenvalue weighted by atomic mass is 9.92. The second kappa shape index (κ2) is 10.5. The van der Waals surface area contributed by atoms with Crippen LogP contribution in [0, 0.1) is 5.82 Å². The number of aromatic nitrogens is 3. The second-order valence-corrected chi connectivity index (χ2v) is 9.36. The number of nitrogens with two attached hydrogens (primary N) is 1. The summed E-state index contributed by atoms with van der Waals surface area (Å²) >= 11 is 0. The summed E-state index contributed by atoms with van der Waals surface area (Å²) in [6, 6.07) is 12.7. The van der Waals surface area contributed by atoms with Crippen molar-refractivity contribution < 1.29 is 31.8 Å². The predicted octanol–water partition coefficient (Wildman–Crippen LogP) is 6.62. The van der Waals surface area contributed by atoms with Crippen LogP contribution in [0.1, 0.15) is 26.5 Å². The Morgan fingerprint density at radius 2 is 1.59 bits per heavy atom. The van der Waals surface area contributed by atoms with Crippen LogP contribution in [0.25, 0.3) is 5.69 Å². The smallest absolute Gasteiger partial charge is 0.457 e. The maximum atomic E-state index is 14.7. The molecule has 2 amide bonds. The Labute approximate surface area is 220 Å². The van der Waals surface area contributed by atoms with Gasteiger partial charge in [-0.05, 0) is 42.5 Å². The fourth-order valence-electron chi connectivity index (χ4n) is 3.38. The summed E-state index contributed by atoms with van der Waals surface area (Å²) in [7, 11) is 0. The number of halogens is 4. The number of carbonyl (C=O) groups is 1. The first-order valence-corrected chi connectivity index (χ1v) is 11.5. The largest absolute Gasteiger partial charge is 0.573 e. The van der Waals surface area contributed by atoms with Crippen molar-refractivity contribution in [2.24, 2.45) is 0 Å². The Kier molecular flexibility index (Phi) is 7.34. The lowest BCUT2D eigenvalue weighted by Gasteiger charge is -2.14. The van der Waals surface area contributed by atoms with Crippen molar-refractivity contribution in [3.63, 3.8) is 0 Å². The van der Waals surface area contributed by atoms with E-state index in [1.807, 2.05) is 20.8 Å². The van der Waals surface area contributed by atoms with E-state index in [0.717, 1.165) is 18.2 Å². The number of hydrogen-bond donors (Lipinski definition) is 3. The SMILES string of the molecule is CC(C)(C)c1cc(NC(=O)Nc2ccc(Oc3ccnc(N)c3)cc2F)n(-c2ccc(OC(F)(F)F)cc2)n1. The highest BCUT2D eigenvalue weighted by Gasteiger charge is 2.31. The third-order valence-electron chi connectivity index (χ3n) is 5.21. The zero-order chi connectivity index (χ0) is 28.4. The number of nitrogen functional groups attached to an aromatic ring is 1. The quantitative estimate of drug-likeness (QED) is 0.235. The molecule has 0 saturated heterocycles. The molecule has 39 heavy (non-hydrogen) atoms. The maximum absolute atomic E-state index is 14.7. The minimum atomic E-state index is -4.83. The Balaban J connectivity index is 1.52. The molecule has 0 aliphatic carbocycles. The molecule has 4 N–H and O–H groups in total. The number of benzene rings is 2. The topological polar surface area (TPSA) is 116 Å². The van der Waals surface area contributed by atoms with Crippen molar-refractivity contribution in [3.05, 3.63) is 78.4 Å².